The Morgan fingerprint density at radius 1 is 1.00 bits per heavy atom. The normalized spacial score (nSPS) is 12.0. The molecule has 0 radical (unpaired) electrons. The van der Waals surface area contributed by atoms with E-state index in [1.807, 2.05) is 32.0 Å². The molecule has 1 aromatic heterocycles. The summed E-state index contributed by atoms with van der Waals surface area (Å²) >= 11 is 5.86. The van der Waals surface area contributed by atoms with E-state index in [-0.39, 0.29) is 9.80 Å². The summed E-state index contributed by atoms with van der Waals surface area (Å²) in [6.07, 6.45) is 2.95. The molecule has 3 aromatic rings. The van der Waals surface area contributed by atoms with Crippen LogP contribution in [0, 0.1) is 13.8 Å². The largest absolute Gasteiger partial charge is 0.360 e. The van der Waals surface area contributed by atoms with E-state index in [0.29, 0.717) is 10.7 Å². The van der Waals surface area contributed by atoms with E-state index in [4.69, 9.17) is 11.6 Å². The molecule has 0 unspecified atom stereocenters. The molecular weight excluding hydrogens is 380 g/mol. The van der Waals surface area contributed by atoms with Gasteiger partial charge in [-0.1, -0.05) is 35.9 Å². The average molecular weight is 399 g/mol. The zero-order valence-corrected chi connectivity index (χ0v) is 16.6. The van der Waals surface area contributed by atoms with Gasteiger partial charge in [-0.15, -0.1) is 0 Å². The third kappa shape index (κ3) is 4.38. The predicted octanol–water partition coefficient (Wildman–Crippen LogP) is 5.24. The van der Waals surface area contributed by atoms with E-state index < -0.39 is 9.84 Å². The lowest BCUT2D eigenvalue weighted by Crippen LogP contribution is -2.07. The second-order valence-corrected chi connectivity index (χ2v) is 8.44. The van der Waals surface area contributed by atoms with Gasteiger partial charge in [0, 0.05) is 23.6 Å². The lowest BCUT2D eigenvalue weighted by molar-refractivity contribution is 0.606. The number of aryl methyl sites for hydroxylation is 2. The van der Waals surface area contributed by atoms with Crippen LogP contribution in [0.3, 0.4) is 0 Å². The summed E-state index contributed by atoms with van der Waals surface area (Å²) in [5.41, 5.74) is 3.55. The molecule has 0 aliphatic rings. The summed E-state index contributed by atoms with van der Waals surface area (Å²) in [5, 5.41) is 3.40. The van der Waals surface area contributed by atoms with Gasteiger partial charge in [-0.2, -0.15) is 0 Å². The zero-order chi connectivity index (χ0) is 19.4. The number of pyridine rings is 1. The first-order valence-corrected chi connectivity index (χ1v) is 10.2. The maximum absolute atomic E-state index is 13.2. The number of rotatable bonds is 5. The molecule has 0 aliphatic heterocycles. The number of sulfone groups is 1. The summed E-state index contributed by atoms with van der Waals surface area (Å²) in [5.74, 6) is 0. The van der Waals surface area contributed by atoms with Crippen LogP contribution in [0.2, 0.25) is 5.15 Å². The third-order valence-corrected chi connectivity index (χ3v) is 6.28. The van der Waals surface area contributed by atoms with Crippen LogP contribution in [0.4, 0.5) is 5.69 Å². The van der Waals surface area contributed by atoms with Gasteiger partial charge in [-0.3, -0.25) is 0 Å². The highest BCUT2D eigenvalue weighted by Gasteiger charge is 2.22. The molecule has 0 fully saturated rings. The van der Waals surface area contributed by atoms with Gasteiger partial charge in [-0.25, -0.2) is 13.4 Å². The number of anilines is 1. The number of benzene rings is 2. The highest BCUT2D eigenvalue weighted by Crippen LogP contribution is 2.28. The van der Waals surface area contributed by atoms with Crippen LogP contribution in [-0.4, -0.2) is 13.4 Å². The zero-order valence-electron chi connectivity index (χ0n) is 15.0. The molecule has 6 heteroatoms. The second kappa shape index (κ2) is 7.94. The van der Waals surface area contributed by atoms with Crippen molar-refractivity contribution in [2.75, 3.05) is 5.32 Å². The van der Waals surface area contributed by atoms with Crippen molar-refractivity contribution in [3.8, 4) is 0 Å². The lowest BCUT2D eigenvalue weighted by atomic mass is 10.1. The molecule has 0 saturated heterocycles. The van der Waals surface area contributed by atoms with Crippen LogP contribution in [-0.2, 0) is 9.84 Å². The van der Waals surface area contributed by atoms with Crippen molar-refractivity contribution >= 4 is 32.0 Å². The van der Waals surface area contributed by atoms with Crippen molar-refractivity contribution in [1.82, 2.24) is 4.98 Å². The molecule has 2 aromatic carbocycles. The van der Waals surface area contributed by atoms with E-state index in [0.717, 1.165) is 11.3 Å². The topological polar surface area (TPSA) is 59.1 Å². The molecule has 27 heavy (non-hydrogen) atoms. The summed E-state index contributed by atoms with van der Waals surface area (Å²) in [6.45, 7) is 4.04. The number of nitrogens with zero attached hydrogens (tertiary/aromatic N) is 1. The molecule has 138 valence electrons. The van der Waals surface area contributed by atoms with Gasteiger partial charge < -0.3 is 5.32 Å². The second-order valence-electron chi connectivity index (χ2n) is 6.14. The van der Waals surface area contributed by atoms with E-state index in [9.17, 15) is 8.42 Å². The first-order valence-electron chi connectivity index (χ1n) is 8.34. The fourth-order valence-corrected chi connectivity index (χ4v) is 4.07. The minimum absolute atomic E-state index is 0.121. The van der Waals surface area contributed by atoms with Crippen LogP contribution in [0.5, 0.6) is 0 Å². The third-order valence-electron chi connectivity index (χ3n) is 4.23. The summed E-state index contributed by atoms with van der Waals surface area (Å²) in [4.78, 5) is 4.36. The maximum Gasteiger partial charge on any atom is 0.208 e. The smallest absolute Gasteiger partial charge is 0.208 e. The Hall–Kier alpha value is -2.63. The Bertz CT molecular complexity index is 1080. The number of hydrogen-bond acceptors (Lipinski definition) is 4. The number of aromatic nitrogens is 1. The highest BCUT2D eigenvalue weighted by atomic mass is 35.5. The fraction of sp³-hybridized carbons (Fsp3) is 0.0952. The van der Waals surface area contributed by atoms with Crippen molar-refractivity contribution in [3.05, 3.63) is 94.9 Å². The molecule has 0 aliphatic carbocycles. The van der Waals surface area contributed by atoms with Gasteiger partial charge in [0.25, 0.3) is 0 Å². The first-order chi connectivity index (χ1) is 12.9. The van der Waals surface area contributed by atoms with Crippen molar-refractivity contribution in [2.45, 2.75) is 18.7 Å². The molecular formula is C21H19ClN2O2S. The van der Waals surface area contributed by atoms with Gasteiger partial charge in [0.2, 0.25) is 9.84 Å². The summed E-state index contributed by atoms with van der Waals surface area (Å²) in [7, 11) is -3.74. The minimum atomic E-state index is -3.74. The number of halogens is 1. The van der Waals surface area contributed by atoms with Crippen LogP contribution < -0.4 is 5.32 Å². The highest BCUT2D eigenvalue weighted by molar-refractivity contribution is 8.00. The molecule has 0 bridgehead atoms. The molecule has 4 nitrogen and oxygen atoms in total. The standard InChI is InChI=1S/C21H19ClN2O2S/c1-15-8-10-18(12-16(15)2)23-14-20(17-9-11-21(22)24-13-17)27(25,26)19-6-4-3-5-7-19/h3-14,23H,1-2H3. The summed E-state index contributed by atoms with van der Waals surface area (Å²) in [6, 6.07) is 17.4. The van der Waals surface area contributed by atoms with Crippen LogP contribution in [0.15, 0.2) is 78.0 Å². The molecule has 0 spiro atoms. The van der Waals surface area contributed by atoms with E-state index in [1.165, 1.54) is 18.0 Å². The van der Waals surface area contributed by atoms with Gasteiger partial charge in [0.1, 0.15) is 5.15 Å². The Morgan fingerprint density at radius 2 is 1.74 bits per heavy atom. The lowest BCUT2D eigenvalue weighted by Gasteiger charge is -2.11. The SMILES string of the molecule is Cc1ccc(NC=C(c2ccc(Cl)nc2)S(=O)(=O)c2ccccc2)cc1C. The average Bonchev–Trinajstić information content (AvgIpc) is 2.67. The van der Waals surface area contributed by atoms with E-state index in [2.05, 4.69) is 10.3 Å². The maximum atomic E-state index is 13.2. The van der Waals surface area contributed by atoms with Crippen LogP contribution in [0.1, 0.15) is 16.7 Å². The Morgan fingerprint density at radius 3 is 2.37 bits per heavy atom. The molecule has 0 atom stereocenters. The van der Waals surface area contributed by atoms with Crippen LogP contribution in [0.25, 0.3) is 4.91 Å². The van der Waals surface area contributed by atoms with Crippen molar-refractivity contribution in [3.63, 3.8) is 0 Å². The molecule has 0 amide bonds. The molecule has 1 N–H and O–H groups in total. The van der Waals surface area contributed by atoms with Gasteiger partial charge >= 0.3 is 0 Å². The van der Waals surface area contributed by atoms with E-state index >= 15 is 0 Å². The van der Waals surface area contributed by atoms with Gasteiger partial charge in [-0.05, 0) is 61.4 Å². The van der Waals surface area contributed by atoms with E-state index in [1.54, 1.807) is 42.5 Å². The monoisotopic (exact) mass is 398 g/mol. The van der Waals surface area contributed by atoms with Crippen molar-refractivity contribution in [1.29, 1.82) is 0 Å². The van der Waals surface area contributed by atoms with Crippen molar-refractivity contribution < 1.29 is 8.42 Å². The molecule has 0 saturated carbocycles. The van der Waals surface area contributed by atoms with Gasteiger partial charge in [0.15, 0.2) is 0 Å². The number of nitrogens with one attached hydrogen (secondary N) is 1. The van der Waals surface area contributed by atoms with Gasteiger partial charge in [0.05, 0.1) is 9.80 Å². The first kappa shape index (κ1) is 19.1. The Balaban J connectivity index is 2.07. The van der Waals surface area contributed by atoms with Crippen molar-refractivity contribution in [2.24, 2.45) is 0 Å². The fourth-order valence-electron chi connectivity index (χ4n) is 2.54. The van der Waals surface area contributed by atoms with Crippen LogP contribution >= 0.6 is 11.6 Å². The Kier molecular flexibility index (Phi) is 5.63. The predicted molar refractivity (Wildman–Crippen MR) is 110 cm³/mol. The molecule has 1 heterocycles. The summed E-state index contributed by atoms with van der Waals surface area (Å²) < 4.78 is 26.4. The Labute approximate surface area is 164 Å². The number of hydrogen-bond donors (Lipinski definition) is 1. The minimum Gasteiger partial charge on any atom is -0.360 e. The molecule has 3 rings (SSSR count). The quantitative estimate of drug-likeness (QED) is 0.597.